The zero-order chi connectivity index (χ0) is 16.8. The zero-order valence-corrected chi connectivity index (χ0v) is 12.0. The number of carbonyl (C=O) groups is 3. The van der Waals surface area contributed by atoms with Crippen molar-refractivity contribution in [3.8, 4) is 0 Å². The summed E-state index contributed by atoms with van der Waals surface area (Å²) in [6, 6.07) is -2.04. The van der Waals surface area contributed by atoms with E-state index in [1.165, 1.54) is 4.90 Å². The van der Waals surface area contributed by atoms with E-state index in [0.717, 1.165) is 12.8 Å². The molecule has 1 aliphatic rings. The fraction of sp³-hybridized carbons (Fsp3) is 0.769. The Kier molecular flexibility index (Phi) is 6.63. The first-order valence-electron chi connectivity index (χ1n) is 7.06. The molecule has 1 aliphatic heterocycles. The van der Waals surface area contributed by atoms with Gasteiger partial charge in [-0.3, -0.25) is 9.59 Å². The molecular weight excluding hydrogens is 305 g/mol. The molecule has 0 spiro atoms. The van der Waals surface area contributed by atoms with Gasteiger partial charge in [-0.2, -0.15) is 13.2 Å². The van der Waals surface area contributed by atoms with Crippen molar-refractivity contribution < 1.29 is 32.7 Å². The van der Waals surface area contributed by atoms with Crippen LogP contribution in [0.1, 0.15) is 38.5 Å². The van der Waals surface area contributed by atoms with Crippen LogP contribution in [0.25, 0.3) is 0 Å². The molecule has 1 heterocycles. The van der Waals surface area contributed by atoms with Crippen molar-refractivity contribution >= 4 is 17.8 Å². The Morgan fingerprint density at radius 2 is 1.86 bits per heavy atom. The van der Waals surface area contributed by atoms with Crippen LogP contribution in [-0.2, 0) is 14.4 Å². The summed E-state index contributed by atoms with van der Waals surface area (Å²) in [7, 11) is 0. The van der Waals surface area contributed by atoms with Crippen LogP contribution in [-0.4, -0.2) is 53.1 Å². The van der Waals surface area contributed by atoms with Crippen molar-refractivity contribution in [3.63, 3.8) is 0 Å². The highest BCUT2D eigenvalue weighted by Gasteiger charge is 2.36. The number of amides is 2. The van der Waals surface area contributed by atoms with Crippen LogP contribution < -0.4 is 5.32 Å². The van der Waals surface area contributed by atoms with Gasteiger partial charge in [-0.15, -0.1) is 0 Å². The number of nitrogens with zero attached hydrogens (tertiary/aromatic N) is 1. The summed E-state index contributed by atoms with van der Waals surface area (Å²) < 4.78 is 36.8. The molecule has 1 rings (SSSR count). The van der Waals surface area contributed by atoms with Gasteiger partial charge in [0.05, 0.1) is 13.0 Å². The molecule has 0 aromatic heterocycles. The summed E-state index contributed by atoms with van der Waals surface area (Å²) in [4.78, 5) is 35.6. The lowest BCUT2D eigenvalue weighted by Gasteiger charge is -2.25. The van der Waals surface area contributed by atoms with E-state index in [0.29, 0.717) is 19.4 Å². The van der Waals surface area contributed by atoms with Crippen molar-refractivity contribution in [2.45, 2.75) is 50.7 Å². The van der Waals surface area contributed by atoms with Gasteiger partial charge in [-0.1, -0.05) is 12.8 Å². The molecule has 1 saturated heterocycles. The fourth-order valence-electron chi connectivity index (χ4n) is 2.23. The third-order valence-electron chi connectivity index (χ3n) is 3.32. The molecule has 9 heteroatoms. The second kappa shape index (κ2) is 8.00. The standard InChI is InChI=1S/C13H19F3N2O4/c14-13(15,16)7-9(12(21)22)17-10(19)8-18-6-4-2-1-3-5-11(18)20/h9H,1-8H2,(H,17,19)(H,21,22). The Balaban J connectivity index is 2.58. The van der Waals surface area contributed by atoms with Gasteiger partial charge in [-0.25, -0.2) is 4.79 Å². The van der Waals surface area contributed by atoms with E-state index in [9.17, 15) is 27.6 Å². The van der Waals surface area contributed by atoms with Crippen LogP contribution in [0.3, 0.4) is 0 Å². The second-order valence-corrected chi connectivity index (χ2v) is 5.26. The summed E-state index contributed by atoms with van der Waals surface area (Å²) >= 11 is 0. The number of halogens is 3. The predicted octanol–water partition coefficient (Wildman–Crippen LogP) is 1.30. The van der Waals surface area contributed by atoms with Gasteiger partial charge in [0.15, 0.2) is 0 Å². The van der Waals surface area contributed by atoms with E-state index in [4.69, 9.17) is 5.11 Å². The number of nitrogens with one attached hydrogen (secondary N) is 1. The predicted molar refractivity (Wildman–Crippen MR) is 69.9 cm³/mol. The monoisotopic (exact) mass is 324 g/mol. The van der Waals surface area contributed by atoms with Crippen LogP contribution in [0.4, 0.5) is 13.2 Å². The molecule has 0 aromatic carbocycles. The van der Waals surface area contributed by atoms with Gasteiger partial charge in [0.1, 0.15) is 6.04 Å². The van der Waals surface area contributed by atoms with Crippen LogP contribution in [0.2, 0.25) is 0 Å². The summed E-state index contributed by atoms with van der Waals surface area (Å²) in [6.45, 7) is -0.0657. The Hall–Kier alpha value is -1.80. The number of likely N-dealkylation sites (tertiary alicyclic amines) is 1. The second-order valence-electron chi connectivity index (χ2n) is 5.26. The molecule has 0 aliphatic carbocycles. The van der Waals surface area contributed by atoms with E-state index in [-0.39, 0.29) is 12.3 Å². The number of rotatable bonds is 5. The van der Waals surface area contributed by atoms with Crippen molar-refractivity contribution in [1.82, 2.24) is 10.2 Å². The maximum Gasteiger partial charge on any atom is 0.391 e. The van der Waals surface area contributed by atoms with Crippen LogP contribution in [0.15, 0.2) is 0 Å². The summed E-state index contributed by atoms with van der Waals surface area (Å²) in [5.41, 5.74) is 0. The molecule has 0 radical (unpaired) electrons. The topological polar surface area (TPSA) is 86.7 Å². The molecule has 2 amide bonds. The number of carboxylic acids is 1. The maximum atomic E-state index is 12.3. The van der Waals surface area contributed by atoms with Crippen molar-refractivity contribution in [2.24, 2.45) is 0 Å². The highest BCUT2D eigenvalue weighted by Crippen LogP contribution is 2.21. The Labute approximate surface area is 125 Å². The van der Waals surface area contributed by atoms with Gasteiger partial charge in [0.25, 0.3) is 0 Å². The fourth-order valence-corrected chi connectivity index (χ4v) is 2.23. The average molecular weight is 324 g/mol. The molecule has 0 aromatic rings. The first-order valence-corrected chi connectivity index (χ1v) is 7.06. The lowest BCUT2D eigenvalue weighted by Crippen LogP contribution is -2.48. The van der Waals surface area contributed by atoms with Crippen LogP contribution >= 0.6 is 0 Å². The van der Waals surface area contributed by atoms with Crippen molar-refractivity contribution in [2.75, 3.05) is 13.1 Å². The van der Waals surface area contributed by atoms with Crippen molar-refractivity contribution in [3.05, 3.63) is 0 Å². The number of hydrogen-bond acceptors (Lipinski definition) is 3. The molecular formula is C13H19F3N2O4. The molecule has 0 bridgehead atoms. The van der Waals surface area contributed by atoms with Gasteiger partial charge in [0, 0.05) is 13.0 Å². The van der Waals surface area contributed by atoms with E-state index in [1.807, 2.05) is 5.32 Å². The number of carbonyl (C=O) groups excluding carboxylic acids is 2. The molecule has 126 valence electrons. The molecule has 1 fully saturated rings. The SMILES string of the molecule is O=C(CN1CCCCCCC1=O)NC(CC(F)(F)F)C(=O)O. The average Bonchev–Trinajstić information content (AvgIpc) is 2.36. The number of aliphatic carboxylic acids is 1. The molecule has 6 nitrogen and oxygen atoms in total. The van der Waals surface area contributed by atoms with Crippen molar-refractivity contribution in [1.29, 1.82) is 0 Å². The highest BCUT2D eigenvalue weighted by molar-refractivity contribution is 5.88. The third kappa shape index (κ3) is 6.77. The first-order chi connectivity index (χ1) is 10.2. The Morgan fingerprint density at radius 3 is 2.45 bits per heavy atom. The molecule has 2 N–H and O–H groups in total. The maximum absolute atomic E-state index is 12.3. The molecule has 0 saturated carbocycles. The zero-order valence-electron chi connectivity index (χ0n) is 12.0. The minimum atomic E-state index is -4.70. The third-order valence-corrected chi connectivity index (χ3v) is 3.32. The van der Waals surface area contributed by atoms with Gasteiger partial charge < -0.3 is 15.3 Å². The van der Waals surface area contributed by atoms with Crippen LogP contribution in [0.5, 0.6) is 0 Å². The highest BCUT2D eigenvalue weighted by atomic mass is 19.4. The Morgan fingerprint density at radius 1 is 1.23 bits per heavy atom. The summed E-state index contributed by atoms with van der Waals surface area (Å²) in [5.74, 6) is -2.90. The normalized spacial score (nSPS) is 18.3. The van der Waals surface area contributed by atoms with E-state index < -0.39 is 37.1 Å². The molecule has 1 atom stereocenters. The van der Waals surface area contributed by atoms with E-state index in [1.54, 1.807) is 0 Å². The number of alkyl halides is 3. The summed E-state index contributed by atoms with van der Waals surface area (Å²) in [5, 5.41) is 10.6. The van der Waals surface area contributed by atoms with Gasteiger partial charge in [-0.05, 0) is 12.8 Å². The van der Waals surface area contributed by atoms with E-state index >= 15 is 0 Å². The summed E-state index contributed by atoms with van der Waals surface area (Å²) in [6.07, 6.45) is -2.80. The largest absolute Gasteiger partial charge is 0.480 e. The molecule has 22 heavy (non-hydrogen) atoms. The van der Waals surface area contributed by atoms with Crippen LogP contribution in [0, 0.1) is 0 Å². The number of carboxylic acid groups (broad SMARTS) is 1. The number of hydrogen-bond donors (Lipinski definition) is 2. The molecule has 1 unspecified atom stereocenters. The smallest absolute Gasteiger partial charge is 0.391 e. The minimum absolute atomic E-state index is 0.238. The minimum Gasteiger partial charge on any atom is -0.480 e. The Bertz CT molecular complexity index is 426. The van der Waals surface area contributed by atoms with Gasteiger partial charge in [0.2, 0.25) is 11.8 Å². The lowest BCUT2D eigenvalue weighted by molar-refractivity contribution is -0.160. The first kappa shape index (κ1) is 18.2. The van der Waals surface area contributed by atoms with Gasteiger partial charge >= 0.3 is 12.1 Å². The lowest BCUT2D eigenvalue weighted by atomic mass is 10.1. The van der Waals surface area contributed by atoms with E-state index in [2.05, 4.69) is 0 Å². The quantitative estimate of drug-likeness (QED) is 0.798.